The van der Waals surface area contributed by atoms with Gasteiger partial charge in [-0.2, -0.15) is 0 Å². The van der Waals surface area contributed by atoms with Crippen LogP contribution in [0.4, 0.5) is 4.39 Å². The summed E-state index contributed by atoms with van der Waals surface area (Å²) in [5.74, 6) is -1.11. The van der Waals surface area contributed by atoms with Gasteiger partial charge in [0.2, 0.25) is 5.91 Å². The van der Waals surface area contributed by atoms with Crippen LogP contribution in [0.3, 0.4) is 0 Å². The Balaban J connectivity index is 1.69. The van der Waals surface area contributed by atoms with Crippen molar-refractivity contribution in [3.8, 4) is 11.5 Å². The molecule has 0 aliphatic rings. The first-order valence-corrected chi connectivity index (χ1v) is 10.0. The second kappa shape index (κ2) is 11.1. The SMILES string of the molecule is COC(=O)CC(NC(=O)/C=C/c1ccc(Oc2cccnc2)c(F)c1)c1ccccc1Cl. The molecule has 1 unspecified atom stereocenters. The normalized spacial score (nSPS) is 11.7. The predicted octanol–water partition coefficient (Wildman–Crippen LogP) is 5.10. The van der Waals surface area contributed by atoms with Crippen molar-refractivity contribution < 1.29 is 23.5 Å². The van der Waals surface area contributed by atoms with Crippen molar-refractivity contribution in [1.82, 2.24) is 10.3 Å². The number of pyridine rings is 1. The van der Waals surface area contributed by atoms with Crippen LogP contribution in [-0.4, -0.2) is 24.0 Å². The second-order valence-corrected chi connectivity index (χ2v) is 7.08. The monoisotopic (exact) mass is 454 g/mol. The number of nitrogens with one attached hydrogen (secondary N) is 1. The highest BCUT2D eigenvalue weighted by atomic mass is 35.5. The van der Waals surface area contributed by atoms with Crippen molar-refractivity contribution in [2.45, 2.75) is 12.5 Å². The summed E-state index contributed by atoms with van der Waals surface area (Å²) in [6, 6.07) is 13.9. The van der Waals surface area contributed by atoms with Gasteiger partial charge in [0.25, 0.3) is 0 Å². The van der Waals surface area contributed by atoms with Gasteiger partial charge in [-0.3, -0.25) is 14.6 Å². The molecule has 2 aromatic carbocycles. The number of benzene rings is 2. The molecule has 1 heterocycles. The molecule has 0 radical (unpaired) electrons. The Morgan fingerprint density at radius 2 is 2.00 bits per heavy atom. The molecule has 0 aliphatic heterocycles. The number of esters is 1. The summed E-state index contributed by atoms with van der Waals surface area (Å²) >= 11 is 6.21. The highest BCUT2D eigenvalue weighted by Gasteiger charge is 2.20. The molecule has 32 heavy (non-hydrogen) atoms. The molecule has 0 saturated heterocycles. The van der Waals surface area contributed by atoms with E-state index in [9.17, 15) is 14.0 Å². The van der Waals surface area contributed by atoms with E-state index in [0.29, 0.717) is 21.9 Å². The standard InChI is InChI=1S/C24H20ClFN2O4/c1-31-24(30)14-21(18-6-2-3-7-19(18)25)28-23(29)11-9-16-8-10-22(20(26)13-16)32-17-5-4-12-27-15-17/h2-13,15,21H,14H2,1H3,(H,28,29)/b11-9+. The number of halogens is 2. The summed E-state index contributed by atoms with van der Waals surface area (Å²) in [4.78, 5) is 28.1. The van der Waals surface area contributed by atoms with Crippen molar-refractivity contribution in [2.75, 3.05) is 7.11 Å². The number of hydrogen-bond acceptors (Lipinski definition) is 5. The van der Waals surface area contributed by atoms with Gasteiger partial charge >= 0.3 is 5.97 Å². The molecule has 0 saturated carbocycles. The Kier molecular flexibility index (Phi) is 7.94. The molecular weight excluding hydrogens is 435 g/mol. The minimum atomic E-state index is -0.680. The third kappa shape index (κ3) is 6.39. The fraction of sp³-hybridized carbons (Fsp3) is 0.125. The third-order valence-corrected chi connectivity index (χ3v) is 4.79. The lowest BCUT2D eigenvalue weighted by atomic mass is 10.0. The van der Waals surface area contributed by atoms with Crippen LogP contribution in [-0.2, 0) is 14.3 Å². The van der Waals surface area contributed by atoms with E-state index in [1.165, 1.54) is 37.6 Å². The number of amides is 1. The Bertz CT molecular complexity index is 1120. The lowest BCUT2D eigenvalue weighted by Gasteiger charge is -2.18. The van der Waals surface area contributed by atoms with E-state index in [1.54, 1.807) is 48.7 Å². The van der Waals surface area contributed by atoms with Crippen LogP contribution in [0.2, 0.25) is 5.02 Å². The van der Waals surface area contributed by atoms with Crippen LogP contribution >= 0.6 is 11.6 Å². The zero-order valence-electron chi connectivity index (χ0n) is 17.1. The van der Waals surface area contributed by atoms with E-state index in [1.807, 2.05) is 0 Å². The van der Waals surface area contributed by atoms with Crippen molar-refractivity contribution in [2.24, 2.45) is 0 Å². The van der Waals surface area contributed by atoms with E-state index in [2.05, 4.69) is 10.3 Å². The number of carbonyl (C=O) groups is 2. The van der Waals surface area contributed by atoms with Crippen LogP contribution in [0, 0.1) is 5.82 Å². The third-order valence-electron chi connectivity index (χ3n) is 4.44. The topological polar surface area (TPSA) is 77.5 Å². The first kappa shape index (κ1) is 23.0. The quantitative estimate of drug-likeness (QED) is 0.378. The van der Waals surface area contributed by atoms with Crippen LogP contribution in [0.1, 0.15) is 23.6 Å². The number of ether oxygens (including phenoxy) is 2. The van der Waals surface area contributed by atoms with Crippen molar-refractivity contribution in [3.05, 3.63) is 95.0 Å². The van der Waals surface area contributed by atoms with Crippen LogP contribution in [0.25, 0.3) is 6.08 Å². The van der Waals surface area contributed by atoms with Gasteiger partial charge in [-0.1, -0.05) is 35.9 Å². The summed E-state index contributed by atoms with van der Waals surface area (Å²) in [6.45, 7) is 0. The van der Waals surface area contributed by atoms with Gasteiger partial charge in [0.15, 0.2) is 11.6 Å². The smallest absolute Gasteiger partial charge is 0.307 e. The molecule has 0 aliphatic carbocycles. The van der Waals surface area contributed by atoms with E-state index in [4.69, 9.17) is 21.1 Å². The van der Waals surface area contributed by atoms with Crippen LogP contribution in [0.5, 0.6) is 11.5 Å². The average Bonchev–Trinajstić information content (AvgIpc) is 2.80. The van der Waals surface area contributed by atoms with Crippen LogP contribution < -0.4 is 10.1 Å². The van der Waals surface area contributed by atoms with Gasteiger partial charge in [-0.05, 0) is 47.5 Å². The van der Waals surface area contributed by atoms with Crippen LogP contribution in [0.15, 0.2) is 73.1 Å². The molecule has 1 amide bonds. The highest BCUT2D eigenvalue weighted by Crippen LogP contribution is 2.26. The molecule has 6 nitrogen and oxygen atoms in total. The summed E-state index contributed by atoms with van der Waals surface area (Å²) in [5, 5.41) is 3.15. The van der Waals surface area contributed by atoms with Crippen molar-refractivity contribution in [3.63, 3.8) is 0 Å². The number of carbonyl (C=O) groups excluding carboxylic acids is 2. The van der Waals surface area contributed by atoms with Gasteiger partial charge in [0.1, 0.15) is 5.75 Å². The largest absolute Gasteiger partial charge is 0.469 e. The number of rotatable bonds is 8. The van der Waals surface area contributed by atoms with E-state index in [-0.39, 0.29) is 12.2 Å². The lowest BCUT2D eigenvalue weighted by Crippen LogP contribution is -2.29. The Hall–Kier alpha value is -3.71. The van der Waals surface area contributed by atoms with Gasteiger partial charge in [-0.25, -0.2) is 4.39 Å². The summed E-state index contributed by atoms with van der Waals surface area (Å²) < 4.78 is 24.5. The second-order valence-electron chi connectivity index (χ2n) is 6.68. The molecule has 1 atom stereocenters. The Morgan fingerprint density at radius 1 is 1.19 bits per heavy atom. The Labute approximate surface area is 189 Å². The zero-order chi connectivity index (χ0) is 22.9. The fourth-order valence-electron chi connectivity index (χ4n) is 2.88. The number of nitrogens with zero attached hydrogens (tertiary/aromatic N) is 1. The molecule has 1 N–H and O–H groups in total. The first-order valence-electron chi connectivity index (χ1n) is 9.63. The predicted molar refractivity (Wildman–Crippen MR) is 119 cm³/mol. The molecule has 1 aromatic heterocycles. The van der Waals surface area contributed by atoms with E-state index in [0.717, 1.165) is 0 Å². The maximum absolute atomic E-state index is 14.4. The maximum atomic E-state index is 14.4. The van der Waals surface area contributed by atoms with Crippen molar-refractivity contribution in [1.29, 1.82) is 0 Å². The summed E-state index contributed by atoms with van der Waals surface area (Å²) in [7, 11) is 1.27. The molecule has 0 fully saturated rings. The number of aromatic nitrogens is 1. The fourth-order valence-corrected chi connectivity index (χ4v) is 3.14. The number of methoxy groups -OCH3 is 1. The molecule has 164 valence electrons. The minimum absolute atomic E-state index is 0.0384. The highest BCUT2D eigenvalue weighted by molar-refractivity contribution is 6.31. The average molecular weight is 455 g/mol. The van der Waals surface area contributed by atoms with Gasteiger partial charge in [0, 0.05) is 17.3 Å². The number of hydrogen-bond donors (Lipinski definition) is 1. The summed E-state index contributed by atoms with van der Waals surface area (Å²) in [5.41, 5.74) is 1.04. The van der Waals surface area contributed by atoms with E-state index >= 15 is 0 Å². The Morgan fingerprint density at radius 3 is 2.69 bits per heavy atom. The zero-order valence-corrected chi connectivity index (χ0v) is 17.9. The molecule has 3 rings (SSSR count). The molecule has 0 bridgehead atoms. The van der Waals surface area contributed by atoms with E-state index < -0.39 is 23.7 Å². The van der Waals surface area contributed by atoms with Gasteiger partial charge < -0.3 is 14.8 Å². The van der Waals surface area contributed by atoms with Gasteiger partial charge in [-0.15, -0.1) is 0 Å². The first-order chi connectivity index (χ1) is 15.5. The molecular formula is C24H20ClFN2O4. The van der Waals surface area contributed by atoms with Crippen molar-refractivity contribution >= 4 is 29.6 Å². The molecule has 8 heteroatoms. The molecule has 0 spiro atoms. The lowest BCUT2D eigenvalue weighted by molar-refractivity contribution is -0.141. The maximum Gasteiger partial charge on any atom is 0.307 e. The van der Waals surface area contributed by atoms with Gasteiger partial charge in [0.05, 0.1) is 25.8 Å². The minimum Gasteiger partial charge on any atom is -0.469 e. The molecule has 3 aromatic rings. The summed E-state index contributed by atoms with van der Waals surface area (Å²) in [6.07, 6.45) is 5.67.